The van der Waals surface area contributed by atoms with Gasteiger partial charge in [0.1, 0.15) is 5.75 Å². The zero-order valence-corrected chi connectivity index (χ0v) is 9.85. The fourth-order valence-corrected chi connectivity index (χ4v) is 1.67. The topological polar surface area (TPSA) is 65.9 Å². The molecule has 0 aliphatic carbocycles. The average Bonchev–Trinajstić information content (AvgIpc) is 2.15. The molecule has 8 heteroatoms. The summed E-state index contributed by atoms with van der Waals surface area (Å²) in [4.78, 5) is 13.7. The third-order valence-electron chi connectivity index (χ3n) is 1.78. The van der Waals surface area contributed by atoms with Crippen molar-refractivity contribution >= 4 is 15.9 Å². The van der Waals surface area contributed by atoms with Gasteiger partial charge in [-0.05, 0) is 0 Å². The van der Waals surface area contributed by atoms with Gasteiger partial charge in [0.2, 0.25) is 0 Å². The van der Waals surface area contributed by atoms with Crippen LogP contribution in [0.3, 0.4) is 0 Å². The molecule has 0 aliphatic heterocycles. The molecule has 0 fully saturated rings. The fraction of sp³-hybridized carbons (Fsp3) is 0.333. The molecule has 0 amide bonds. The molecule has 0 aromatic carbocycles. The van der Waals surface area contributed by atoms with Crippen LogP contribution in [0.5, 0.6) is 5.75 Å². The summed E-state index contributed by atoms with van der Waals surface area (Å²) >= 11 is 2.90. The molecule has 0 saturated carbocycles. The molecule has 0 saturated heterocycles. The molecule has 17 heavy (non-hydrogen) atoms. The van der Waals surface area contributed by atoms with Crippen LogP contribution < -0.4 is 10.3 Å². The lowest BCUT2D eigenvalue weighted by atomic mass is 10.2. The van der Waals surface area contributed by atoms with Crippen molar-refractivity contribution in [2.45, 2.75) is 18.1 Å². The van der Waals surface area contributed by atoms with Crippen LogP contribution in [0.2, 0.25) is 0 Å². The van der Waals surface area contributed by atoms with Crippen molar-refractivity contribution in [3.8, 4) is 11.8 Å². The van der Waals surface area contributed by atoms with Gasteiger partial charge >= 0.3 is 6.36 Å². The quantitative estimate of drug-likeness (QED) is 0.871. The summed E-state index contributed by atoms with van der Waals surface area (Å²) in [5.74, 6) is -0.594. The Labute approximate surface area is 102 Å². The zero-order chi connectivity index (χ0) is 13.1. The van der Waals surface area contributed by atoms with E-state index in [-0.39, 0.29) is 23.0 Å². The Bertz CT molecular complexity index is 504. The summed E-state index contributed by atoms with van der Waals surface area (Å²) in [5, 5.41) is 8.33. The fourth-order valence-electron chi connectivity index (χ4n) is 1.14. The highest BCUT2D eigenvalue weighted by atomic mass is 79.9. The Balaban J connectivity index is 3.25. The molecule has 1 aromatic heterocycles. The molecule has 0 spiro atoms. The van der Waals surface area contributed by atoms with Crippen LogP contribution >= 0.6 is 15.9 Å². The van der Waals surface area contributed by atoms with Crippen LogP contribution in [0.4, 0.5) is 13.2 Å². The van der Waals surface area contributed by atoms with E-state index in [9.17, 15) is 18.0 Å². The second-order valence-electron chi connectivity index (χ2n) is 2.98. The molecular weight excluding hydrogens is 305 g/mol. The van der Waals surface area contributed by atoms with Crippen molar-refractivity contribution in [1.82, 2.24) is 4.98 Å². The van der Waals surface area contributed by atoms with E-state index >= 15 is 0 Å². The Morgan fingerprint density at radius 2 is 2.18 bits per heavy atom. The lowest BCUT2D eigenvalue weighted by molar-refractivity contribution is -0.274. The molecule has 0 aliphatic rings. The lowest BCUT2D eigenvalue weighted by Gasteiger charge is -2.12. The molecule has 1 heterocycles. The third kappa shape index (κ3) is 3.78. The van der Waals surface area contributed by atoms with Crippen LogP contribution in [-0.2, 0) is 11.8 Å². The molecule has 0 unspecified atom stereocenters. The second-order valence-corrected chi connectivity index (χ2v) is 3.54. The van der Waals surface area contributed by atoms with E-state index in [2.05, 4.69) is 25.7 Å². The van der Waals surface area contributed by atoms with Crippen molar-refractivity contribution in [1.29, 1.82) is 5.26 Å². The van der Waals surface area contributed by atoms with Gasteiger partial charge in [-0.15, -0.1) is 13.2 Å². The number of aromatic amines is 1. The maximum Gasteiger partial charge on any atom is 0.573 e. The minimum atomic E-state index is -4.88. The van der Waals surface area contributed by atoms with Gasteiger partial charge in [0.05, 0.1) is 18.1 Å². The van der Waals surface area contributed by atoms with Gasteiger partial charge in [0.25, 0.3) is 5.56 Å². The predicted molar refractivity (Wildman–Crippen MR) is 55.7 cm³/mol. The van der Waals surface area contributed by atoms with Gasteiger partial charge in [-0.1, -0.05) is 15.9 Å². The predicted octanol–water partition coefficient (Wildman–Crippen LogP) is 2.23. The molecule has 0 bridgehead atoms. The van der Waals surface area contributed by atoms with Gasteiger partial charge in [-0.25, -0.2) is 0 Å². The molecular formula is C9H6BrF3N2O2. The standard InChI is InChI=1S/C9H6BrF3N2O2/c10-4-6-7(17-9(11,12)13)3-5(1-2-14)15-8(6)16/h3H,1,4H2,(H,15,16). The lowest BCUT2D eigenvalue weighted by Crippen LogP contribution is -2.22. The Hall–Kier alpha value is -1.49. The highest BCUT2D eigenvalue weighted by molar-refractivity contribution is 9.08. The number of rotatable bonds is 3. The van der Waals surface area contributed by atoms with Gasteiger partial charge < -0.3 is 9.72 Å². The summed E-state index contributed by atoms with van der Waals surface area (Å²) < 4.78 is 40.0. The maximum atomic E-state index is 12.1. The van der Waals surface area contributed by atoms with E-state index in [1.165, 1.54) is 0 Å². The number of alkyl halides is 4. The molecule has 0 radical (unpaired) electrons. The average molecular weight is 311 g/mol. The number of H-pyrrole nitrogens is 1. The van der Waals surface area contributed by atoms with Gasteiger partial charge in [0.15, 0.2) is 0 Å². The van der Waals surface area contributed by atoms with Crippen LogP contribution in [0.15, 0.2) is 10.9 Å². The first kappa shape index (κ1) is 13.6. The van der Waals surface area contributed by atoms with Crippen LogP contribution in [-0.4, -0.2) is 11.3 Å². The first-order chi connectivity index (χ1) is 7.87. The largest absolute Gasteiger partial charge is 0.573 e. The van der Waals surface area contributed by atoms with Gasteiger partial charge in [-0.2, -0.15) is 5.26 Å². The van der Waals surface area contributed by atoms with Gasteiger partial charge in [0, 0.05) is 17.1 Å². The second kappa shape index (κ2) is 5.23. The number of ether oxygens (including phenoxy) is 1. The highest BCUT2D eigenvalue weighted by Gasteiger charge is 2.32. The van der Waals surface area contributed by atoms with E-state index in [0.717, 1.165) is 6.07 Å². The first-order valence-corrected chi connectivity index (χ1v) is 5.43. The summed E-state index contributed by atoms with van der Waals surface area (Å²) in [6.07, 6.45) is -5.08. The molecule has 92 valence electrons. The van der Waals surface area contributed by atoms with E-state index < -0.39 is 17.7 Å². The molecule has 4 nitrogen and oxygen atoms in total. The zero-order valence-electron chi connectivity index (χ0n) is 8.27. The van der Waals surface area contributed by atoms with E-state index in [4.69, 9.17) is 5.26 Å². The number of nitrogens with one attached hydrogen (secondary N) is 1. The van der Waals surface area contributed by atoms with Crippen molar-refractivity contribution in [2.75, 3.05) is 0 Å². The monoisotopic (exact) mass is 310 g/mol. The van der Waals surface area contributed by atoms with Gasteiger partial charge in [-0.3, -0.25) is 4.79 Å². The SMILES string of the molecule is N#CCc1cc(OC(F)(F)F)c(CBr)c(=O)[nH]1. The number of pyridine rings is 1. The third-order valence-corrected chi connectivity index (χ3v) is 2.34. The molecule has 1 aromatic rings. The Kier molecular flexibility index (Phi) is 4.17. The normalized spacial score (nSPS) is 11.0. The summed E-state index contributed by atoms with van der Waals surface area (Å²) in [6, 6.07) is 2.71. The van der Waals surface area contributed by atoms with Crippen molar-refractivity contribution < 1.29 is 17.9 Å². The molecule has 1 N–H and O–H groups in total. The number of hydrogen-bond donors (Lipinski definition) is 1. The maximum absolute atomic E-state index is 12.1. The number of halogens is 4. The van der Waals surface area contributed by atoms with E-state index in [0.29, 0.717) is 0 Å². The number of nitrogens with zero attached hydrogens (tertiary/aromatic N) is 1. The smallest absolute Gasteiger partial charge is 0.405 e. The summed E-state index contributed by atoms with van der Waals surface area (Å²) in [7, 11) is 0. The Morgan fingerprint density at radius 1 is 1.53 bits per heavy atom. The summed E-state index contributed by atoms with van der Waals surface area (Å²) in [6.45, 7) is 0. The summed E-state index contributed by atoms with van der Waals surface area (Å²) in [5.41, 5.74) is -0.820. The van der Waals surface area contributed by atoms with E-state index in [1.54, 1.807) is 6.07 Å². The van der Waals surface area contributed by atoms with Crippen molar-refractivity contribution in [3.63, 3.8) is 0 Å². The molecule has 1 rings (SSSR count). The molecule has 0 atom stereocenters. The van der Waals surface area contributed by atoms with Crippen LogP contribution in [0, 0.1) is 11.3 Å². The highest BCUT2D eigenvalue weighted by Crippen LogP contribution is 2.26. The van der Waals surface area contributed by atoms with Crippen LogP contribution in [0.25, 0.3) is 0 Å². The first-order valence-electron chi connectivity index (χ1n) is 4.31. The minimum absolute atomic E-state index is 0.0708. The minimum Gasteiger partial charge on any atom is -0.405 e. The van der Waals surface area contributed by atoms with E-state index in [1.807, 2.05) is 0 Å². The Morgan fingerprint density at radius 3 is 2.65 bits per heavy atom. The van der Waals surface area contributed by atoms with Crippen molar-refractivity contribution in [3.05, 3.63) is 27.7 Å². The van der Waals surface area contributed by atoms with Crippen LogP contribution in [0.1, 0.15) is 11.3 Å². The van der Waals surface area contributed by atoms with Crippen molar-refractivity contribution in [2.24, 2.45) is 0 Å². The number of hydrogen-bond acceptors (Lipinski definition) is 3. The number of aromatic nitrogens is 1. The number of nitriles is 1.